The number of nitrogens with two attached hydrogens (primary N) is 1. The second-order valence-corrected chi connectivity index (χ2v) is 4.55. The molecule has 0 aromatic heterocycles. The SMILES string of the molecule is Cc1cc(NCCN2CCCC2)ccc1N. The Balaban J connectivity index is 1.78. The molecule has 1 heterocycles. The predicted octanol–water partition coefficient (Wildman–Crippen LogP) is 2.08. The van der Waals surface area contributed by atoms with Crippen LogP contribution >= 0.6 is 0 Å². The molecule has 0 radical (unpaired) electrons. The molecule has 1 aliphatic heterocycles. The number of nitrogen functional groups attached to an aromatic ring is 1. The molecule has 3 N–H and O–H groups in total. The van der Waals surface area contributed by atoms with Gasteiger partial charge in [0.2, 0.25) is 0 Å². The Kier molecular flexibility index (Phi) is 3.67. The van der Waals surface area contributed by atoms with Crippen molar-refractivity contribution in [2.24, 2.45) is 0 Å². The number of hydrogen-bond donors (Lipinski definition) is 2. The predicted molar refractivity (Wildman–Crippen MR) is 69.8 cm³/mol. The molecule has 1 saturated heterocycles. The number of benzene rings is 1. The summed E-state index contributed by atoms with van der Waals surface area (Å²) >= 11 is 0. The van der Waals surface area contributed by atoms with Crippen LogP contribution in [0.25, 0.3) is 0 Å². The maximum absolute atomic E-state index is 5.78. The lowest BCUT2D eigenvalue weighted by Gasteiger charge is -2.15. The van der Waals surface area contributed by atoms with Crippen LogP contribution in [0, 0.1) is 6.92 Å². The molecular formula is C13H21N3. The Bertz CT molecular complexity index is 343. The van der Waals surface area contributed by atoms with E-state index in [1.165, 1.54) is 31.6 Å². The summed E-state index contributed by atoms with van der Waals surface area (Å²) in [5.41, 5.74) is 8.96. The van der Waals surface area contributed by atoms with Gasteiger partial charge in [0.15, 0.2) is 0 Å². The van der Waals surface area contributed by atoms with Gasteiger partial charge < -0.3 is 16.0 Å². The number of rotatable bonds is 4. The number of nitrogens with zero attached hydrogens (tertiary/aromatic N) is 1. The van der Waals surface area contributed by atoms with Crippen molar-refractivity contribution in [1.29, 1.82) is 0 Å². The van der Waals surface area contributed by atoms with E-state index in [-0.39, 0.29) is 0 Å². The Hall–Kier alpha value is -1.22. The van der Waals surface area contributed by atoms with E-state index in [1.54, 1.807) is 0 Å². The largest absolute Gasteiger partial charge is 0.399 e. The minimum absolute atomic E-state index is 0.866. The number of likely N-dealkylation sites (tertiary alicyclic amines) is 1. The molecule has 0 aliphatic carbocycles. The third-order valence-electron chi connectivity index (χ3n) is 3.23. The number of aryl methyl sites for hydroxylation is 1. The van der Waals surface area contributed by atoms with Crippen molar-refractivity contribution in [2.75, 3.05) is 37.2 Å². The fourth-order valence-corrected chi connectivity index (χ4v) is 2.15. The summed E-state index contributed by atoms with van der Waals surface area (Å²) in [6, 6.07) is 6.12. The first-order chi connectivity index (χ1) is 7.75. The smallest absolute Gasteiger partial charge is 0.0345 e. The van der Waals surface area contributed by atoms with Gasteiger partial charge in [-0.3, -0.25) is 0 Å². The van der Waals surface area contributed by atoms with Gasteiger partial charge in [-0.05, 0) is 56.6 Å². The minimum Gasteiger partial charge on any atom is -0.399 e. The second-order valence-electron chi connectivity index (χ2n) is 4.55. The summed E-state index contributed by atoms with van der Waals surface area (Å²) in [4.78, 5) is 2.51. The topological polar surface area (TPSA) is 41.3 Å². The van der Waals surface area contributed by atoms with Gasteiger partial charge in [0, 0.05) is 24.5 Å². The zero-order valence-corrected chi connectivity index (χ0v) is 10.00. The first-order valence-electron chi connectivity index (χ1n) is 6.08. The van der Waals surface area contributed by atoms with Crippen molar-refractivity contribution in [3.8, 4) is 0 Å². The number of anilines is 2. The average molecular weight is 219 g/mol. The van der Waals surface area contributed by atoms with E-state index < -0.39 is 0 Å². The Morgan fingerprint density at radius 3 is 2.75 bits per heavy atom. The maximum atomic E-state index is 5.78. The van der Waals surface area contributed by atoms with Gasteiger partial charge in [-0.2, -0.15) is 0 Å². The van der Waals surface area contributed by atoms with E-state index in [0.717, 1.165) is 24.3 Å². The van der Waals surface area contributed by atoms with E-state index in [9.17, 15) is 0 Å². The van der Waals surface area contributed by atoms with Crippen LogP contribution in [-0.4, -0.2) is 31.1 Å². The van der Waals surface area contributed by atoms with Crippen molar-refractivity contribution in [2.45, 2.75) is 19.8 Å². The van der Waals surface area contributed by atoms with Crippen molar-refractivity contribution >= 4 is 11.4 Å². The molecule has 88 valence electrons. The van der Waals surface area contributed by atoms with E-state index in [0.29, 0.717) is 0 Å². The van der Waals surface area contributed by atoms with Gasteiger partial charge in [-0.1, -0.05) is 0 Å². The Morgan fingerprint density at radius 2 is 2.06 bits per heavy atom. The van der Waals surface area contributed by atoms with E-state index >= 15 is 0 Å². The summed E-state index contributed by atoms with van der Waals surface area (Å²) in [5, 5.41) is 3.44. The van der Waals surface area contributed by atoms with Gasteiger partial charge in [-0.15, -0.1) is 0 Å². The van der Waals surface area contributed by atoms with Gasteiger partial charge in [0.1, 0.15) is 0 Å². The van der Waals surface area contributed by atoms with Gasteiger partial charge in [0.05, 0.1) is 0 Å². The Morgan fingerprint density at radius 1 is 1.31 bits per heavy atom. The second kappa shape index (κ2) is 5.21. The lowest BCUT2D eigenvalue weighted by Crippen LogP contribution is -2.25. The molecule has 0 saturated carbocycles. The van der Waals surface area contributed by atoms with Crippen LogP contribution in [0.2, 0.25) is 0 Å². The standard InChI is InChI=1S/C13H21N3/c1-11-10-12(4-5-13(11)14)15-6-9-16-7-2-3-8-16/h4-5,10,15H,2-3,6-9,14H2,1H3. The molecule has 0 spiro atoms. The van der Waals surface area contributed by atoms with E-state index in [4.69, 9.17) is 5.73 Å². The van der Waals surface area contributed by atoms with Crippen LogP contribution in [0.3, 0.4) is 0 Å². The molecule has 3 nitrogen and oxygen atoms in total. The van der Waals surface area contributed by atoms with E-state index in [1.807, 2.05) is 19.1 Å². The van der Waals surface area contributed by atoms with Crippen LogP contribution in [0.1, 0.15) is 18.4 Å². The summed E-state index contributed by atoms with van der Waals surface area (Å²) in [6.07, 6.45) is 2.72. The van der Waals surface area contributed by atoms with Crippen LogP contribution < -0.4 is 11.1 Å². The molecule has 0 bridgehead atoms. The Labute approximate surface area is 97.6 Å². The van der Waals surface area contributed by atoms with Crippen LogP contribution in [0.5, 0.6) is 0 Å². The molecule has 0 unspecified atom stereocenters. The lowest BCUT2D eigenvalue weighted by atomic mass is 10.2. The van der Waals surface area contributed by atoms with E-state index in [2.05, 4.69) is 16.3 Å². The van der Waals surface area contributed by atoms with Crippen LogP contribution in [0.4, 0.5) is 11.4 Å². The minimum atomic E-state index is 0.866. The molecule has 1 aliphatic rings. The van der Waals surface area contributed by atoms with Gasteiger partial charge in [-0.25, -0.2) is 0 Å². The monoisotopic (exact) mass is 219 g/mol. The molecule has 1 aromatic carbocycles. The first-order valence-corrected chi connectivity index (χ1v) is 6.08. The molecule has 3 heteroatoms. The molecule has 1 aromatic rings. The third-order valence-corrected chi connectivity index (χ3v) is 3.23. The van der Waals surface area contributed by atoms with Crippen molar-refractivity contribution < 1.29 is 0 Å². The highest BCUT2D eigenvalue weighted by atomic mass is 15.1. The molecule has 0 atom stereocenters. The van der Waals surface area contributed by atoms with Crippen LogP contribution in [0.15, 0.2) is 18.2 Å². The first kappa shape index (κ1) is 11.3. The van der Waals surface area contributed by atoms with Gasteiger partial charge >= 0.3 is 0 Å². The quantitative estimate of drug-likeness (QED) is 0.762. The fourth-order valence-electron chi connectivity index (χ4n) is 2.15. The number of hydrogen-bond acceptors (Lipinski definition) is 3. The highest BCUT2D eigenvalue weighted by molar-refractivity contribution is 5.56. The van der Waals surface area contributed by atoms with Crippen LogP contribution in [-0.2, 0) is 0 Å². The summed E-state index contributed by atoms with van der Waals surface area (Å²) < 4.78 is 0. The number of nitrogens with one attached hydrogen (secondary N) is 1. The van der Waals surface area contributed by atoms with Crippen molar-refractivity contribution in [3.05, 3.63) is 23.8 Å². The van der Waals surface area contributed by atoms with Crippen molar-refractivity contribution in [3.63, 3.8) is 0 Å². The molecule has 16 heavy (non-hydrogen) atoms. The highest BCUT2D eigenvalue weighted by Gasteiger charge is 2.10. The zero-order valence-electron chi connectivity index (χ0n) is 10.00. The summed E-state index contributed by atoms with van der Waals surface area (Å²) in [5.74, 6) is 0. The average Bonchev–Trinajstić information content (AvgIpc) is 2.76. The molecule has 1 fully saturated rings. The zero-order chi connectivity index (χ0) is 11.4. The molecule has 0 amide bonds. The third kappa shape index (κ3) is 2.89. The molecule has 2 rings (SSSR count). The fraction of sp³-hybridized carbons (Fsp3) is 0.538. The molecular weight excluding hydrogens is 198 g/mol. The van der Waals surface area contributed by atoms with Crippen molar-refractivity contribution in [1.82, 2.24) is 4.90 Å². The highest BCUT2D eigenvalue weighted by Crippen LogP contribution is 2.16. The lowest BCUT2D eigenvalue weighted by molar-refractivity contribution is 0.352. The normalized spacial score (nSPS) is 16.6. The maximum Gasteiger partial charge on any atom is 0.0345 e. The summed E-state index contributed by atoms with van der Waals surface area (Å²) in [7, 11) is 0. The summed E-state index contributed by atoms with van der Waals surface area (Å²) in [6.45, 7) is 6.73. The van der Waals surface area contributed by atoms with Gasteiger partial charge in [0.25, 0.3) is 0 Å².